The molecule has 0 bridgehead atoms. The molecule has 148 valence electrons. The average molecular weight is 384 g/mol. The van der Waals surface area contributed by atoms with Crippen LogP contribution in [-0.2, 0) is 16.0 Å². The van der Waals surface area contributed by atoms with E-state index in [2.05, 4.69) is 15.3 Å². The van der Waals surface area contributed by atoms with E-state index in [1.54, 1.807) is 24.3 Å². The fourth-order valence-electron chi connectivity index (χ4n) is 3.58. The molecule has 2 aliphatic rings. The minimum atomic E-state index is -0.496. The van der Waals surface area contributed by atoms with E-state index in [1.807, 2.05) is 24.3 Å². The van der Waals surface area contributed by atoms with E-state index in [4.69, 9.17) is 14.2 Å². The smallest absolute Gasteiger partial charge is 0.272 e. The molecule has 3 heterocycles. The topological polar surface area (TPSA) is 85.8 Å². The summed E-state index contributed by atoms with van der Waals surface area (Å²) in [6.07, 6.45) is 2.96. The van der Waals surface area contributed by atoms with Gasteiger partial charge < -0.3 is 24.4 Å². The number of nitrogens with zero attached hydrogens (tertiary/aromatic N) is 3. The molecule has 2 aliphatic heterocycles. The number of carbonyl (C=O) groups is 1. The van der Waals surface area contributed by atoms with Crippen molar-refractivity contribution in [2.45, 2.75) is 25.2 Å². The summed E-state index contributed by atoms with van der Waals surface area (Å²) in [5.41, 5.74) is 1.37. The van der Waals surface area contributed by atoms with Crippen molar-refractivity contribution in [3.05, 3.63) is 47.8 Å². The van der Waals surface area contributed by atoms with E-state index in [0.717, 1.165) is 11.3 Å². The summed E-state index contributed by atoms with van der Waals surface area (Å²) >= 11 is 0. The number of carbonyl (C=O) groups excluding carboxylic acids is 1. The Morgan fingerprint density at radius 2 is 1.96 bits per heavy atom. The van der Waals surface area contributed by atoms with Gasteiger partial charge in [-0.15, -0.1) is 0 Å². The van der Waals surface area contributed by atoms with Crippen LogP contribution in [0.3, 0.4) is 0 Å². The lowest BCUT2D eigenvalue weighted by Crippen LogP contribution is -2.47. The van der Waals surface area contributed by atoms with Crippen LogP contribution in [0.25, 0.3) is 0 Å². The van der Waals surface area contributed by atoms with E-state index >= 15 is 0 Å². The van der Waals surface area contributed by atoms with Gasteiger partial charge >= 0.3 is 0 Å². The third kappa shape index (κ3) is 3.93. The van der Waals surface area contributed by atoms with Gasteiger partial charge in [0.25, 0.3) is 5.91 Å². The SMILES string of the molecule is COc1ccccc1CNc1nccc(C(=O)N2CCC3(CC2)OCCO3)n1. The van der Waals surface area contributed by atoms with Crippen LogP contribution < -0.4 is 10.1 Å². The van der Waals surface area contributed by atoms with Gasteiger partial charge in [-0.2, -0.15) is 0 Å². The number of anilines is 1. The first-order valence-electron chi connectivity index (χ1n) is 9.45. The normalized spacial score (nSPS) is 18.2. The Morgan fingerprint density at radius 3 is 2.71 bits per heavy atom. The maximum atomic E-state index is 12.8. The second kappa shape index (κ2) is 8.12. The molecule has 1 aromatic heterocycles. The van der Waals surface area contributed by atoms with Crippen LogP contribution in [0.1, 0.15) is 28.9 Å². The summed E-state index contributed by atoms with van der Waals surface area (Å²) in [6.45, 7) is 2.93. The molecule has 1 N–H and O–H groups in total. The van der Waals surface area contributed by atoms with Crippen LogP contribution in [0.5, 0.6) is 5.75 Å². The van der Waals surface area contributed by atoms with Gasteiger partial charge in [0, 0.05) is 44.2 Å². The zero-order chi connectivity index (χ0) is 19.4. The number of hydrogen-bond donors (Lipinski definition) is 1. The summed E-state index contributed by atoms with van der Waals surface area (Å²) in [4.78, 5) is 23.2. The van der Waals surface area contributed by atoms with Gasteiger partial charge in [0.15, 0.2) is 5.79 Å². The molecule has 8 heteroatoms. The third-order valence-corrected chi connectivity index (χ3v) is 5.13. The standard InChI is InChI=1S/C20H24N4O4/c1-26-17-5-3-2-4-15(17)14-22-19-21-9-6-16(23-19)18(25)24-10-7-20(8-11-24)27-12-13-28-20/h2-6,9H,7-8,10-14H2,1H3,(H,21,22,23). The lowest BCUT2D eigenvalue weighted by molar-refractivity contribution is -0.181. The van der Waals surface area contributed by atoms with Crippen LogP contribution in [-0.4, -0.2) is 60.0 Å². The van der Waals surface area contributed by atoms with Crippen LogP contribution in [0.15, 0.2) is 36.5 Å². The summed E-state index contributed by atoms with van der Waals surface area (Å²) in [5, 5.41) is 3.16. The van der Waals surface area contributed by atoms with Gasteiger partial charge in [-0.05, 0) is 12.1 Å². The van der Waals surface area contributed by atoms with Crippen LogP contribution in [0.2, 0.25) is 0 Å². The van der Waals surface area contributed by atoms with Gasteiger partial charge in [-0.25, -0.2) is 9.97 Å². The van der Waals surface area contributed by atoms with Crippen LogP contribution in [0, 0.1) is 0 Å². The molecule has 0 atom stereocenters. The molecule has 1 amide bonds. The summed E-state index contributed by atoms with van der Waals surface area (Å²) < 4.78 is 16.8. The Balaban J connectivity index is 1.38. The highest BCUT2D eigenvalue weighted by Gasteiger charge is 2.41. The zero-order valence-corrected chi connectivity index (χ0v) is 15.9. The van der Waals surface area contributed by atoms with Gasteiger partial charge in [-0.1, -0.05) is 18.2 Å². The van der Waals surface area contributed by atoms with Crippen molar-refractivity contribution >= 4 is 11.9 Å². The number of piperidine rings is 1. The van der Waals surface area contributed by atoms with Gasteiger partial charge in [0.2, 0.25) is 5.95 Å². The first kappa shape index (κ1) is 18.6. The van der Waals surface area contributed by atoms with Crippen molar-refractivity contribution in [2.24, 2.45) is 0 Å². The van der Waals surface area contributed by atoms with Gasteiger partial charge in [0.1, 0.15) is 11.4 Å². The van der Waals surface area contributed by atoms with Crippen LogP contribution >= 0.6 is 0 Å². The summed E-state index contributed by atoms with van der Waals surface area (Å²) in [6, 6.07) is 9.38. The molecule has 0 radical (unpaired) electrons. The maximum absolute atomic E-state index is 12.8. The molecule has 0 aliphatic carbocycles. The number of aromatic nitrogens is 2. The highest BCUT2D eigenvalue weighted by molar-refractivity contribution is 5.92. The number of benzene rings is 1. The Labute approximate surface area is 163 Å². The Hall–Kier alpha value is -2.71. The highest BCUT2D eigenvalue weighted by atomic mass is 16.7. The minimum Gasteiger partial charge on any atom is -0.496 e. The molecule has 2 aromatic rings. The molecule has 1 spiro atoms. The minimum absolute atomic E-state index is 0.101. The van der Waals surface area contributed by atoms with E-state index in [0.29, 0.717) is 57.3 Å². The summed E-state index contributed by atoms with van der Waals surface area (Å²) in [7, 11) is 1.64. The van der Waals surface area contributed by atoms with Crippen molar-refractivity contribution in [1.82, 2.24) is 14.9 Å². The third-order valence-electron chi connectivity index (χ3n) is 5.13. The molecule has 8 nitrogen and oxygen atoms in total. The Kier molecular flexibility index (Phi) is 5.40. The number of rotatable bonds is 5. The largest absolute Gasteiger partial charge is 0.496 e. The lowest BCUT2D eigenvalue weighted by Gasteiger charge is -2.37. The van der Waals surface area contributed by atoms with E-state index in [9.17, 15) is 4.79 Å². The Morgan fingerprint density at radius 1 is 1.21 bits per heavy atom. The quantitative estimate of drug-likeness (QED) is 0.845. The number of nitrogens with one attached hydrogen (secondary N) is 1. The molecule has 28 heavy (non-hydrogen) atoms. The molecular weight excluding hydrogens is 360 g/mol. The molecule has 2 fully saturated rings. The van der Waals surface area contributed by atoms with Crippen LogP contribution in [0.4, 0.5) is 5.95 Å². The van der Waals surface area contributed by atoms with Crippen molar-refractivity contribution in [1.29, 1.82) is 0 Å². The number of methoxy groups -OCH3 is 1. The predicted molar refractivity (Wildman–Crippen MR) is 102 cm³/mol. The Bertz CT molecular complexity index is 828. The monoisotopic (exact) mass is 384 g/mol. The van der Waals surface area contributed by atoms with Crippen molar-refractivity contribution in [2.75, 3.05) is 38.7 Å². The number of hydrogen-bond acceptors (Lipinski definition) is 7. The molecular formula is C20H24N4O4. The number of amides is 1. The fraction of sp³-hybridized carbons (Fsp3) is 0.450. The second-order valence-electron chi connectivity index (χ2n) is 6.83. The predicted octanol–water partition coefficient (Wildman–Crippen LogP) is 2.08. The number of para-hydroxylation sites is 1. The van der Waals surface area contributed by atoms with E-state index < -0.39 is 5.79 Å². The van der Waals surface area contributed by atoms with Crippen molar-refractivity contribution in [3.8, 4) is 5.75 Å². The fourth-order valence-corrected chi connectivity index (χ4v) is 3.58. The second-order valence-corrected chi connectivity index (χ2v) is 6.83. The van der Waals surface area contributed by atoms with Gasteiger partial charge in [0.05, 0.1) is 20.3 Å². The lowest BCUT2D eigenvalue weighted by atomic mass is 10.0. The highest BCUT2D eigenvalue weighted by Crippen LogP contribution is 2.31. The average Bonchev–Trinajstić information content (AvgIpc) is 3.20. The summed E-state index contributed by atoms with van der Waals surface area (Å²) in [5.74, 6) is 0.605. The van der Waals surface area contributed by atoms with Crippen molar-refractivity contribution in [3.63, 3.8) is 0 Å². The van der Waals surface area contributed by atoms with Gasteiger partial charge in [-0.3, -0.25) is 4.79 Å². The first-order chi connectivity index (χ1) is 13.7. The van der Waals surface area contributed by atoms with E-state index in [1.165, 1.54) is 0 Å². The molecule has 0 unspecified atom stereocenters. The zero-order valence-electron chi connectivity index (χ0n) is 15.9. The van der Waals surface area contributed by atoms with Crippen molar-refractivity contribution < 1.29 is 19.0 Å². The number of ether oxygens (including phenoxy) is 3. The van der Waals surface area contributed by atoms with E-state index in [-0.39, 0.29) is 5.91 Å². The molecule has 4 rings (SSSR count). The molecule has 1 aromatic carbocycles. The maximum Gasteiger partial charge on any atom is 0.272 e. The number of likely N-dealkylation sites (tertiary alicyclic amines) is 1. The molecule has 0 saturated carbocycles. The molecule has 2 saturated heterocycles. The first-order valence-corrected chi connectivity index (χ1v) is 9.45.